The average molecular weight is 412 g/mol. The van der Waals surface area contributed by atoms with Crippen LogP contribution in [0.2, 0.25) is 0 Å². The summed E-state index contributed by atoms with van der Waals surface area (Å²) in [5.74, 6) is 3.75. The van der Waals surface area contributed by atoms with Crippen LogP contribution in [-0.2, 0) is 25.1 Å². The summed E-state index contributed by atoms with van der Waals surface area (Å²) in [6.45, 7) is 1.51. The number of furan rings is 1. The lowest BCUT2D eigenvalue weighted by atomic mass is 10.1. The maximum Gasteiger partial charge on any atom is 0.215 e. The maximum absolute atomic E-state index is 6.19. The van der Waals surface area contributed by atoms with Gasteiger partial charge in [0.15, 0.2) is 0 Å². The van der Waals surface area contributed by atoms with E-state index in [2.05, 4.69) is 34.2 Å². The standard InChI is InChI=1S/C23H29N3O2S/c1-26(2)15-20-10-11-21(28-20)17-29-13-12-25-23-14-22(24)19(16-27-23)9-8-18-6-4-3-5-7-18/h3-7,10-11,14,16H,8-9,12-13,15,17,24H2,1-2H3. The number of hydrogen-bond acceptors (Lipinski definition) is 6. The first-order chi connectivity index (χ1) is 14.1. The highest BCUT2D eigenvalue weighted by Crippen LogP contribution is 2.16. The van der Waals surface area contributed by atoms with Crippen LogP contribution < -0.4 is 11.3 Å². The lowest BCUT2D eigenvalue weighted by Gasteiger charge is -2.05. The maximum atomic E-state index is 6.19. The van der Waals surface area contributed by atoms with Crippen LogP contribution in [0.25, 0.3) is 0 Å². The molecule has 5 nitrogen and oxygen atoms in total. The van der Waals surface area contributed by atoms with Crippen LogP contribution in [0.5, 0.6) is 0 Å². The van der Waals surface area contributed by atoms with Crippen molar-refractivity contribution in [2.45, 2.75) is 25.1 Å². The summed E-state index contributed by atoms with van der Waals surface area (Å²) in [4.78, 5) is 6.59. The SMILES string of the molecule is CN(C)Cc1ccc(CSCCN=c2cc(N)c(CCc3ccccc3)co2)o1. The number of nitrogens with zero attached hydrogens (tertiary/aromatic N) is 2. The third-order valence-corrected chi connectivity index (χ3v) is 5.39. The van der Waals surface area contributed by atoms with Gasteiger partial charge in [-0.3, -0.25) is 4.99 Å². The Hall–Kier alpha value is -2.44. The fraction of sp³-hybridized carbons (Fsp3) is 0.348. The minimum Gasteiger partial charge on any atom is -0.464 e. The Bertz CT molecular complexity index is 948. The van der Waals surface area contributed by atoms with Gasteiger partial charge in [0.1, 0.15) is 11.5 Å². The second-order valence-electron chi connectivity index (χ2n) is 7.22. The van der Waals surface area contributed by atoms with Crippen LogP contribution in [0, 0.1) is 0 Å². The number of rotatable bonds is 10. The summed E-state index contributed by atoms with van der Waals surface area (Å²) in [6, 6.07) is 16.3. The first kappa shape index (κ1) is 21.3. The highest BCUT2D eigenvalue weighted by atomic mass is 32.2. The molecule has 0 spiro atoms. The van der Waals surface area contributed by atoms with Gasteiger partial charge in [-0.2, -0.15) is 11.8 Å². The number of aryl methyl sites for hydroxylation is 2. The van der Waals surface area contributed by atoms with E-state index >= 15 is 0 Å². The van der Waals surface area contributed by atoms with Crippen molar-refractivity contribution in [2.24, 2.45) is 4.99 Å². The number of nitrogen functional groups attached to an aromatic ring is 1. The number of nitrogens with two attached hydrogens (primary N) is 1. The molecule has 154 valence electrons. The molecule has 3 aromatic rings. The number of thioether (sulfide) groups is 1. The van der Waals surface area contributed by atoms with Crippen molar-refractivity contribution >= 4 is 17.4 Å². The van der Waals surface area contributed by atoms with E-state index in [0.717, 1.165) is 53.7 Å². The van der Waals surface area contributed by atoms with Gasteiger partial charge in [0, 0.05) is 23.1 Å². The highest BCUT2D eigenvalue weighted by Gasteiger charge is 2.04. The highest BCUT2D eigenvalue weighted by molar-refractivity contribution is 7.98. The molecule has 0 saturated carbocycles. The van der Waals surface area contributed by atoms with Gasteiger partial charge in [0.25, 0.3) is 0 Å². The van der Waals surface area contributed by atoms with Gasteiger partial charge in [-0.1, -0.05) is 30.3 Å². The van der Waals surface area contributed by atoms with Crippen molar-refractivity contribution in [3.05, 3.63) is 83.0 Å². The van der Waals surface area contributed by atoms with E-state index in [1.807, 2.05) is 38.4 Å². The molecule has 0 aliphatic carbocycles. The molecule has 0 saturated heterocycles. The topological polar surface area (TPSA) is 67.9 Å². The quantitative estimate of drug-likeness (QED) is 0.508. The van der Waals surface area contributed by atoms with Crippen molar-refractivity contribution < 1.29 is 8.83 Å². The number of anilines is 1. The average Bonchev–Trinajstić information content (AvgIpc) is 3.14. The van der Waals surface area contributed by atoms with Gasteiger partial charge in [0.05, 0.1) is 25.1 Å². The third kappa shape index (κ3) is 7.15. The Morgan fingerprint density at radius 1 is 1.03 bits per heavy atom. The zero-order valence-corrected chi connectivity index (χ0v) is 18.0. The summed E-state index contributed by atoms with van der Waals surface area (Å²) in [6.07, 6.45) is 3.53. The lowest BCUT2D eigenvalue weighted by Crippen LogP contribution is -2.09. The second kappa shape index (κ2) is 10.9. The molecule has 0 atom stereocenters. The Labute approximate surface area is 176 Å². The molecule has 1 aromatic carbocycles. The van der Waals surface area contributed by atoms with Crippen LogP contribution >= 0.6 is 11.8 Å². The minimum atomic E-state index is 0.581. The molecule has 0 bridgehead atoms. The van der Waals surface area contributed by atoms with Crippen LogP contribution in [-0.4, -0.2) is 31.3 Å². The zero-order valence-electron chi connectivity index (χ0n) is 17.1. The summed E-state index contributed by atoms with van der Waals surface area (Å²) in [5, 5.41) is 0. The third-order valence-electron chi connectivity index (χ3n) is 4.43. The van der Waals surface area contributed by atoms with Gasteiger partial charge in [-0.15, -0.1) is 0 Å². The summed E-state index contributed by atoms with van der Waals surface area (Å²) < 4.78 is 11.5. The predicted octanol–water partition coefficient (Wildman–Crippen LogP) is 4.14. The largest absolute Gasteiger partial charge is 0.464 e. The molecule has 0 amide bonds. The van der Waals surface area contributed by atoms with E-state index in [-0.39, 0.29) is 0 Å². The number of hydrogen-bond donors (Lipinski definition) is 1. The molecule has 0 unspecified atom stereocenters. The molecule has 0 fully saturated rings. The van der Waals surface area contributed by atoms with Crippen molar-refractivity contribution in [1.82, 2.24) is 4.90 Å². The van der Waals surface area contributed by atoms with Crippen molar-refractivity contribution in [2.75, 3.05) is 32.1 Å². The first-order valence-corrected chi connectivity index (χ1v) is 11.0. The van der Waals surface area contributed by atoms with Gasteiger partial charge >= 0.3 is 0 Å². The predicted molar refractivity (Wildman–Crippen MR) is 120 cm³/mol. The normalized spacial score (nSPS) is 12.0. The van der Waals surface area contributed by atoms with Crippen molar-refractivity contribution in [1.29, 1.82) is 0 Å². The Morgan fingerprint density at radius 2 is 1.83 bits per heavy atom. The van der Waals surface area contributed by atoms with E-state index in [4.69, 9.17) is 14.6 Å². The van der Waals surface area contributed by atoms with E-state index in [9.17, 15) is 0 Å². The molecule has 6 heteroatoms. The minimum absolute atomic E-state index is 0.581. The molecule has 2 heterocycles. The smallest absolute Gasteiger partial charge is 0.215 e. The van der Waals surface area contributed by atoms with E-state index in [0.29, 0.717) is 12.1 Å². The molecule has 3 rings (SSSR count). The fourth-order valence-electron chi connectivity index (χ4n) is 2.96. The summed E-state index contributed by atoms with van der Waals surface area (Å²) in [5.41, 5.74) is 9.82. The van der Waals surface area contributed by atoms with Crippen LogP contribution in [0.1, 0.15) is 22.6 Å². The van der Waals surface area contributed by atoms with Crippen LogP contribution in [0.15, 0.2) is 68.6 Å². The molecule has 29 heavy (non-hydrogen) atoms. The monoisotopic (exact) mass is 411 g/mol. The summed E-state index contributed by atoms with van der Waals surface area (Å²) in [7, 11) is 4.07. The van der Waals surface area contributed by atoms with E-state index < -0.39 is 0 Å². The Kier molecular flexibility index (Phi) is 8.02. The number of benzene rings is 1. The van der Waals surface area contributed by atoms with Crippen molar-refractivity contribution in [3.8, 4) is 0 Å². The van der Waals surface area contributed by atoms with Gasteiger partial charge < -0.3 is 19.5 Å². The molecular weight excluding hydrogens is 382 g/mol. The van der Waals surface area contributed by atoms with E-state index in [1.165, 1.54) is 5.56 Å². The van der Waals surface area contributed by atoms with Crippen molar-refractivity contribution in [3.63, 3.8) is 0 Å². The second-order valence-corrected chi connectivity index (χ2v) is 8.33. The Balaban J connectivity index is 1.43. The van der Waals surface area contributed by atoms with Gasteiger partial charge in [0.2, 0.25) is 5.55 Å². The molecule has 2 aromatic heterocycles. The molecule has 0 radical (unpaired) electrons. The summed E-state index contributed by atoms with van der Waals surface area (Å²) >= 11 is 1.80. The Morgan fingerprint density at radius 3 is 2.59 bits per heavy atom. The molecular formula is C23H29N3O2S. The van der Waals surface area contributed by atoms with Crippen LogP contribution in [0.4, 0.5) is 5.69 Å². The van der Waals surface area contributed by atoms with Crippen LogP contribution in [0.3, 0.4) is 0 Å². The van der Waals surface area contributed by atoms with E-state index in [1.54, 1.807) is 18.0 Å². The van der Waals surface area contributed by atoms with Gasteiger partial charge in [-0.25, -0.2) is 0 Å². The molecule has 2 N–H and O–H groups in total. The van der Waals surface area contributed by atoms with Gasteiger partial charge in [-0.05, 0) is 44.6 Å². The first-order valence-electron chi connectivity index (χ1n) is 9.82. The lowest BCUT2D eigenvalue weighted by molar-refractivity contribution is 0.344. The fourth-order valence-corrected chi connectivity index (χ4v) is 3.68. The zero-order chi connectivity index (χ0) is 20.5. The molecule has 0 aliphatic rings. The molecule has 0 aliphatic heterocycles.